The zero-order valence-corrected chi connectivity index (χ0v) is 5.76. The highest BCUT2D eigenvalue weighted by Crippen LogP contribution is 2.07. The highest BCUT2D eigenvalue weighted by Gasteiger charge is 1.95. The standard InChI is InChI=1S/C7H9N3/c1-2-6(3-8)7-4-9-10-5-7/h2-5,8H,1H3,(H,9,10)/b6-2+,8-3?. The first-order valence-corrected chi connectivity index (χ1v) is 3.04. The summed E-state index contributed by atoms with van der Waals surface area (Å²) in [6, 6.07) is 0. The largest absolute Gasteiger partial charge is 0.308 e. The summed E-state index contributed by atoms with van der Waals surface area (Å²) < 4.78 is 0. The number of aromatic amines is 1. The number of hydrogen-bond donors (Lipinski definition) is 2. The molecule has 0 spiro atoms. The van der Waals surface area contributed by atoms with Gasteiger partial charge in [0.1, 0.15) is 0 Å². The van der Waals surface area contributed by atoms with E-state index < -0.39 is 0 Å². The molecular weight excluding hydrogens is 126 g/mol. The number of H-pyrrole nitrogens is 1. The fraction of sp³-hybridized carbons (Fsp3) is 0.143. The monoisotopic (exact) mass is 135 g/mol. The Kier molecular flexibility index (Phi) is 1.99. The van der Waals surface area contributed by atoms with Crippen LogP contribution in [0.25, 0.3) is 5.57 Å². The van der Waals surface area contributed by atoms with Crippen molar-refractivity contribution >= 4 is 11.8 Å². The lowest BCUT2D eigenvalue weighted by Gasteiger charge is -1.90. The van der Waals surface area contributed by atoms with Crippen LogP contribution >= 0.6 is 0 Å². The fourth-order valence-electron chi connectivity index (χ4n) is 0.742. The van der Waals surface area contributed by atoms with Crippen LogP contribution in [0.15, 0.2) is 18.5 Å². The minimum atomic E-state index is 0.883. The third-order valence-corrected chi connectivity index (χ3v) is 1.30. The molecule has 10 heavy (non-hydrogen) atoms. The summed E-state index contributed by atoms with van der Waals surface area (Å²) in [5, 5.41) is 13.5. The molecule has 0 bridgehead atoms. The van der Waals surface area contributed by atoms with Crippen molar-refractivity contribution in [3.05, 3.63) is 24.0 Å². The Morgan fingerprint density at radius 3 is 3.00 bits per heavy atom. The van der Waals surface area contributed by atoms with Crippen LogP contribution in [0.5, 0.6) is 0 Å². The van der Waals surface area contributed by atoms with E-state index in [1.165, 1.54) is 6.21 Å². The summed E-state index contributed by atoms with van der Waals surface area (Å²) in [5.74, 6) is 0. The Bertz CT molecular complexity index is 233. The van der Waals surface area contributed by atoms with Gasteiger partial charge < -0.3 is 5.41 Å². The summed E-state index contributed by atoms with van der Waals surface area (Å²) >= 11 is 0. The van der Waals surface area contributed by atoms with E-state index in [1.54, 1.807) is 12.4 Å². The van der Waals surface area contributed by atoms with Crippen LogP contribution in [0.2, 0.25) is 0 Å². The van der Waals surface area contributed by atoms with Crippen LogP contribution < -0.4 is 0 Å². The van der Waals surface area contributed by atoms with Gasteiger partial charge >= 0.3 is 0 Å². The first-order valence-electron chi connectivity index (χ1n) is 3.04. The van der Waals surface area contributed by atoms with Crippen molar-refractivity contribution in [2.75, 3.05) is 0 Å². The lowest BCUT2D eigenvalue weighted by molar-refractivity contribution is 1.09. The molecule has 0 aromatic carbocycles. The first-order chi connectivity index (χ1) is 4.88. The first kappa shape index (κ1) is 6.74. The van der Waals surface area contributed by atoms with Gasteiger partial charge in [-0.3, -0.25) is 5.10 Å². The number of nitrogens with one attached hydrogen (secondary N) is 2. The predicted molar refractivity (Wildman–Crippen MR) is 41.0 cm³/mol. The average Bonchev–Trinajstić information content (AvgIpc) is 2.43. The molecule has 3 nitrogen and oxygen atoms in total. The highest BCUT2D eigenvalue weighted by atomic mass is 15.1. The smallest absolute Gasteiger partial charge is 0.0566 e. The molecule has 0 amide bonds. The number of rotatable bonds is 2. The zero-order valence-electron chi connectivity index (χ0n) is 5.76. The molecule has 0 radical (unpaired) electrons. The summed E-state index contributed by atoms with van der Waals surface area (Å²) in [7, 11) is 0. The number of allylic oxidation sites excluding steroid dienone is 2. The molecule has 1 rings (SSSR count). The van der Waals surface area contributed by atoms with Crippen molar-refractivity contribution in [2.45, 2.75) is 6.92 Å². The minimum Gasteiger partial charge on any atom is -0.308 e. The third-order valence-electron chi connectivity index (χ3n) is 1.30. The number of aromatic nitrogens is 2. The van der Waals surface area contributed by atoms with E-state index in [2.05, 4.69) is 10.2 Å². The molecule has 0 unspecified atom stereocenters. The molecule has 3 heteroatoms. The van der Waals surface area contributed by atoms with Crippen LogP contribution in [0.1, 0.15) is 12.5 Å². The second-order valence-electron chi connectivity index (χ2n) is 1.88. The van der Waals surface area contributed by atoms with Crippen LogP contribution in [0.3, 0.4) is 0 Å². The van der Waals surface area contributed by atoms with E-state index >= 15 is 0 Å². The van der Waals surface area contributed by atoms with Gasteiger partial charge in [-0.25, -0.2) is 0 Å². The summed E-state index contributed by atoms with van der Waals surface area (Å²) in [4.78, 5) is 0. The van der Waals surface area contributed by atoms with Gasteiger partial charge in [0.25, 0.3) is 0 Å². The SMILES string of the molecule is C/C=C(\C=N)c1cn[nH]c1. The van der Waals surface area contributed by atoms with E-state index in [4.69, 9.17) is 5.41 Å². The van der Waals surface area contributed by atoms with Gasteiger partial charge in [0.05, 0.1) is 6.20 Å². The molecule has 0 aliphatic heterocycles. The molecule has 0 saturated carbocycles. The molecule has 0 saturated heterocycles. The Balaban J connectivity index is 2.95. The average molecular weight is 135 g/mol. The van der Waals surface area contributed by atoms with Crippen molar-refractivity contribution in [3.63, 3.8) is 0 Å². The number of hydrogen-bond acceptors (Lipinski definition) is 2. The van der Waals surface area contributed by atoms with Gasteiger partial charge in [0, 0.05) is 18.0 Å². The second kappa shape index (κ2) is 2.96. The summed E-state index contributed by atoms with van der Waals surface area (Å²) in [6.07, 6.45) is 6.64. The molecule has 0 aliphatic carbocycles. The maximum atomic E-state index is 7.00. The van der Waals surface area contributed by atoms with Gasteiger partial charge in [-0.2, -0.15) is 5.10 Å². The normalized spacial score (nSPS) is 11.5. The molecule has 52 valence electrons. The lowest BCUT2D eigenvalue weighted by Crippen LogP contribution is -1.79. The van der Waals surface area contributed by atoms with E-state index in [0.717, 1.165) is 11.1 Å². The molecule has 1 aromatic rings. The van der Waals surface area contributed by atoms with Gasteiger partial charge in [-0.15, -0.1) is 0 Å². The van der Waals surface area contributed by atoms with Crippen LogP contribution in [-0.2, 0) is 0 Å². The molecule has 1 heterocycles. The van der Waals surface area contributed by atoms with E-state index in [0.29, 0.717) is 0 Å². The molecular formula is C7H9N3. The fourth-order valence-corrected chi connectivity index (χ4v) is 0.742. The van der Waals surface area contributed by atoms with E-state index in [1.807, 2.05) is 13.0 Å². The molecule has 1 aromatic heterocycles. The van der Waals surface area contributed by atoms with Gasteiger partial charge in [0.2, 0.25) is 0 Å². The van der Waals surface area contributed by atoms with Crippen LogP contribution in [-0.4, -0.2) is 16.4 Å². The lowest BCUT2D eigenvalue weighted by atomic mass is 10.1. The predicted octanol–water partition coefficient (Wildman–Crippen LogP) is 1.46. The Labute approximate surface area is 59.3 Å². The molecule has 0 atom stereocenters. The Hall–Kier alpha value is -1.38. The van der Waals surface area contributed by atoms with E-state index in [9.17, 15) is 0 Å². The van der Waals surface area contributed by atoms with Gasteiger partial charge in [-0.05, 0) is 12.5 Å². The molecule has 0 aliphatic rings. The van der Waals surface area contributed by atoms with Gasteiger partial charge in [-0.1, -0.05) is 6.08 Å². The van der Waals surface area contributed by atoms with Crippen molar-refractivity contribution in [1.82, 2.24) is 10.2 Å². The quantitative estimate of drug-likeness (QED) is 0.592. The van der Waals surface area contributed by atoms with Crippen molar-refractivity contribution in [2.24, 2.45) is 0 Å². The second-order valence-corrected chi connectivity index (χ2v) is 1.88. The summed E-state index contributed by atoms with van der Waals surface area (Å²) in [6.45, 7) is 1.90. The van der Waals surface area contributed by atoms with E-state index in [-0.39, 0.29) is 0 Å². The Morgan fingerprint density at radius 1 is 1.80 bits per heavy atom. The summed E-state index contributed by atoms with van der Waals surface area (Å²) in [5.41, 5.74) is 1.84. The number of nitrogens with zero attached hydrogens (tertiary/aromatic N) is 1. The minimum absolute atomic E-state index is 0.883. The Morgan fingerprint density at radius 2 is 2.60 bits per heavy atom. The molecule has 2 N–H and O–H groups in total. The zero-order chi connectivity index (χ0) is 7.40. The highest BCUT2D eigenvalue weighted by molar-refractivity contribution is 6.07. The maximum absolute atomic E-state index is 7.00. The topological polar surface area (TPSA) is 52.5 Å². The van der Waals surface area contributed by atoms with Crippen LogP contribution in [0, 0.1) is 5.41 Å². The molecule has 0 fully saturated rings. The van der Waals surface area contributed by atoms with Crippen molar-refractivity contribution < 1.29 is 0 Å². The van der Waals surface area contributed by atoms with Crippen LogP contribution in [0.4, 0.5) is 0 Å². The maximum Gasteiger partial charge on any atom is 0.0566 e. The van der Waals surface area contributed by atoms with Crippen molar-refractivity contribution in [3.8, 4) is 0 Å². The van der Waals surface area contributed by atoms with Gasteiger partial charge in [0.15, 0.2) is 0 Å². The van der Waals surface area contributed by atoms with Crippen molar-refractivity contribution in [1.29, 1.82) is 5.41 Å². The third kappa shape index (κ3) is 1.13.